The van der Waals surface area contributed by atoms with E-state index < -0.39 is 0 Å². The van der Waals surface area contributed by atoms with E-state index >= 15 is 0 Å². The monoisotopic (exact) mass is 322 g/mol. The molecule has 0 fully saturated rings. The Morgan fingerprint density at radius 1 is 1.09 bits per heavy atom. The van der Waals surface area contributed by atoms with Crippen LogP contribution in [0.1, 0.15) is 21.8 Å². The number of pyridine rings is 1. The van der Waals surface area contributed by atoms with E-state index in [2.05, 4.69) is 22.1 Å². The number of aromatic nitrogens is 1. The Bertz CT molecular complexity index is 892. The number of benzene rings is 1. The molecule has 0 aliphatic heterocycles. The number of carbonyl (C=O) groups excluding carboxylic acids is 1. The minimum absolute atomic E-state index is 0.153. The summed E-state index contributed by atoms with van der Waals surface area (Å²) in [7, 11) is 0. The molecule has 5 heteroatoms. The maximum atomic E-state index is 12.0. The Hall–Kier alpha value is -3.03. The molecule has 0 aliphatic carbocycles. The van der Waals surface area contributed by atoms with Crippen LogP contribution in [0, 0.1) is 11.8 Å². The Morgan fingerprint density at radius 3 is 2.74 bits per heavy atom. The van der Waals surface area contributed by atoms with Gasteiger partial charge in [0.2, 0.25) is 0 Å². The fourth-order valence-electron chi connectivity index (χ4n) is 1.88. The molecule has 0 radical (unpaired) electrons. The van der Waals surface area contributed by atoms with E-state index in [0.717, 1.165) is 5.56 Å². The number of nitrogens with zero attached hydrogens (tertiary/aromatic N) is 1. The third-order valence-corrected chi connectivity index (χ3v) is 3.12. The zero-order valence-corrected chi connectivity index (χ0v) is 12.7. The molecule has 0 aliphatic rings. The number of halogens is 1. The quantitative estimate of drug-likeness (QED) is 0.726. The fourth-order valence-corrected chi connectivity index (χ4v) is 2.02. The predicted octanol–water partition coefficient (Wildman–Crippen LogP) is 3.98. The van der Waals surface area contributed by atoms with Crippen LogP contribution in [0.2, 0.25) is 5.22 Å². The van der Waals surface area contributed by atoms with E-state index in [-0.39, 0.29) is 16.9 Å². The van der Waals surface area contributed by atoms with E-state index in [0.29, 0.717) is 11.4 Å². The SMILES string of the molecule is O=C(Nc1cccc(C#Cc2ccccn2)c1)c1ccc(Cl)o1. The molecule has 1 amide bonds. The van der Waals surface area contributed by atoms with Crippen molar-refractivity contribution in [3.8, 4) is 11.8 Å². The van der Waals surface area contributed by atoms with Crippen molar-refractivity contribution in [3.63, 3.8) is 0 Å². The van der Waals surface area contributed by atoms with Crippen LogP contribution < -0.4 is 5.32 Å². The van der Waals surface area contributed by atoms with Gasteiger partial charge in [-0.25, -0.2) is 4.98 Å². The normalized spacial score (nSPS) is 9.78. The van der Waals surface area contributed by atoms with Crippen molar-refractivity contribution in [2.75, 3.05) is 5.32 Å². The number of nitrogens with one attached hydrogen (secondary N) is 1. The molecule has 0 bridgehead atoms. The van der Waals surface area contributed by atoms with Gasteiger partial charge in [0.1, 0.15) is 5.69 Å². The van der Waals surface area contributed by atoms with Gasteiger partial charge in [-0.15, -0.1) is 0 Å². The van der Waals surface area contributed by atoms with Gasteiger partial charge in [-0.3, -0.25) is 4.79 Å². The number of furan rings is 1. The largest absolute Gasteiger partial charge is 0.440 e. The van der Waals surface area contributed by atoms with Crippen molar-refractivity contribution < 1.29 is 9.21 Å². The third kappa shape index (κ3) is 4.00. The van der Waals surface area contributed by atoms with Crippen molar-refractivity contribution in [1.82, 2.24) is 4.98 Å². The Kier molecular flexibility index (Phi) is 4.41. The van der Waals surface area contributed by atoms with Gasteiger partial charge < -0.3 is 9.73 Å². The average molecular weight is 323 g/mol. The minimum Gasteiger partial charge on any atom is -0.440 e. The van der Waals surface area contributed by atoms with E-state index in [4.69, 9.17) is 16.0 Å². The molecule has 0 unspecified atom stereocenters. The Labute approximate surface area is 138 Å². The smallest absolute Gasteiger partial charge is 0.291 e. The van der Waals surface area contributed by atoms with Crippen LogP contribution in [-0.4, -0.2) is 10.9 Å². The summed E-state index contributed by atoms with van der Waals surface area (Å²) in [4.78, 5) is 16.1. The Morgan fingerprint density at radius 2 is 2.00 bits per heavy atom. The van der Waals surface area contributed by atoms with Crippen molar-refractivity contribution in [1.29, 1.82) is 0 Å². The van der Waals surface area contributed by atoms with E-state index in [1.165, 1.54) is 12.1 Å². The summed E-state index contributed by atoms with van der Waals surface area (Å²) in [5.74, 6) is 5.76. The number of amides is 1. The molecule has 2 heterocycles. The molecular formula is C18H11ClN2O2. The van der Waals surface area contributed by atoms with Gasteiger partial charge in [0.25, 0.3) is 5.91 Å². The molecule has 3 aromatic rings. The number of hydrogen-bond donors (Lipinski definition) is 1. The first kappa shape index (κ1) is 14.9. The van der Waals surface area contributed by atoms with Crippen LogP contribution >= 0.6 is 11.6 Å². The van der Waals surface area contributed by atoms with Crippen LogP contribution in [0.4, 0.5) is 5.69 Å². The van der Waals surface area contributed by atoms with Gasteiger partial charge >= 0.3 is 0 Å². The molecule has 2 aromatic heterocycles. The summed E-state index contributed by atoms with van der Waals surface area (Å²) in [5.41, 5.74) is 2.08. The third-order valence-electron chi connectivity index (χ3n) is 2.92. The van der Waals surface area contributed by atoms with Crippen LogP contribution in [-0.2, 0) is 0 Å². The summed E-state index contributed by atoms with van der Waals surface area (Å²) in [6.07, 6.45) is 1.69. The minimum atomic E-state index is -0.369. The molecule has 4 nitrogen and oxygen atoms in total. The second-order valence-electron chi connectivity index (χ2n) is 4.60. The molecule has 1 aromatic carbocycles. The topological polar surface area (TPSA) is 55.1 Å². The fraction of sp³-hybridized carbons (Fsp3) is 0. The van der Waals surface area contributed by atoms with E-state index in [1.54, 1.807) is 18.3 Å². The Balaban J connectivity index is 1.75. The molecule has 0 saturated carbocycles. The van der Waals surface area contributed by atoms with Gasteiger partial charge in [-0.2, -0.15) is 0 Å². The highest BCUT2D eigenvalue weighted by Crippen LogP contribution is 2.16. The zero-order chi connectivity index (χ0) is 16.1. The molecule has 112 valence electrons. The lowest BCUT2D eigenvalue weighted by atomic mass is 10.2. The van der Waals surface area contributed by atoms with Gasteiger partial charge in [0.15, 0.2) is 11.0 Å². The zero-order valence-electron chi connectivity index (χ0n) is 11.9. The highest BCUT2D eigenvalue weighted by Gasteiger charge is 2.10. The molecule has 0 atom stereocenters. The summed E-state index contributed by atoms with van der Waals surface area (Å²) in [6.45, 7) is 0. The summed E-state index contributed by atoms with van der Waals surface area (Å²) in [6, 6.07) is 15.8. The molecule has 0 spiro atoms. The number of anilines is 1. The molecule has 1 N–H and O–H groups in total. The lowest BCUT2D eigenvalue weighted by molar-refractivity contribution is 0.0997. The molecule has 0 saturated heterocycles. The first-order valence-corrected chi connectivity index (χ1v) is 7.18. The lowest BCUT2D eigenvalue weighted by Gasteiger charge is -2.03. The number of carbonyl (C=O) groups is 1. The first-order valence-electron chi connectivity index (χ1n) is 6.80. The lowest BCUT2D eigenvalue weighted by Crippen LogP contribution is -2.10. The maximum absolute atomic E-state index is 12.0. The molecular weight excluding hydrogens is 312 g/mol. The highest BCUT2D eigenvalue weighted by molar-refractivity contribution is 6.29. The second kappa shape index (κ2) is 6.82. The van der Waals surface area contributed by atoms with Gasteiger partial charge in [0.05, 0.1) is 0 Å². The maximum Gasteiger partial charge on any atom is 0.291 e. The first-order chi connectivity index (χ1) is 11.2. The summed E-state index contributed by atoms with van der Waals surface area (Å²) in [5, 5.41) is 2.91. The van der Waals surface area contributed by atoms with Crippen molar-refractivity contribution in [3.05, 3.63) is 83.0 Å². The van der Waals surface area contributed by atoms with Crippen molar-refractivity contribution >= 4 is 23.2 Å². The van der Waals surface area contributed by atoms with Gasteiger partial charge in [-0.05, 0) is 60.0 Å². The van der Waals surface area contributed by atoms with Crippen LogP contribution in [0.25, 0.3) is 0 Å². The summed E-state index contributed by atoms with van der Waals surface area (Å²) < 4.78 is 5.07. The van der Waals surface area contributed by atoms with Gasteiger partial charge in [0, 0.05) is 17.4 Å². The molecule has 3 rings (SSSR count). The van der Waals surface area contributed by atoms with Crippen LogP contribution in [0.3, 0.4) is 0 Å². The van der Waals surface area contributed by atoms with Gasteiger partial charge in [-0.1, -0.05) is 18.1 Å². The number of rotatable bonds is 2. The molecule has 23 heavy (non-hydrogen) atoms. The standard InChI is InChI=1S/C18H11ClN2O2/c19-17-10-9-16(23-17)18(22)21-15-6-3-4-13(12-15)7-8-14-5-1-2-11-20-14/h1-6,9-12H,(H,21,22). The van der Waals surface area contributed by atoms with Crippen LogP contribution in [0.15, 0.2) is 65.2 Å². The van der Waals surface area contributed by atoms with Crippen LogP contribution in [0.5, 0.6) is 0 Å². The number of hydrogen-bond acceptors (Lipinski definition) is 3. The summed E-state index contributed by atoms with van der Waals surface area (Å²) >= 11 is 5.66. The second-order valence-corrected chi connectivity index (χ2v) is 4.98. The van der Waals surface area contributed by atoms with E-state index in [1.807, 2.05) is 30.3 Å². The highest BCUT2D eigenvalue weighted by atomic mass is 35.5. The average Bonchev–Trinajstić information content (AvgIpc) is 3.01. The van der Waals surface area contributed by atoms with Crippen molar-refractivity contribution in [2.45, 2.75) is 0 Å². The predicted molar refractivity (Wildman–Crippen MR) is 88.3 cm³/mol. The van der Waals surface area contributed by atoms with E-state index in [9.17, 15) is 4.79 Å². The van der Waals surface area contributed by atoms with Crippen molar-refractivity contribution in [2.24, 2.45) is 0 Å².